The molecule has 0 radical (unpaired) electrons. The van der Waals surface area contributed by atoms with Crippen LogP contribution in [0.25, 0.3) is 22.1 Å². The van der Waals surface area contributed by atoms with E-state index in [2.05, 4.69) is 4.74 Å². The summed E-state index contributed by atoms with van der Waals surface area (Å²) in [6.45, 7) is 1.79. The molecule has 0 atom stereocenters. The summed E-state index contributed by atoms with van der Waals surface area (Å²) in [5.74, 6) is -0.807. The van der Waals surface area contributed by atoms with Crippen LogP contribution in [0.3, 0.4) is 0 Å². The summed E-state index contributed by atoms with van der Waals surface area (Å²) in [6, 6.07) is 16.4. The minimum absolute atomic E-state index is 0.0809. The first-order chi connectivity index (χ1) is 15.5. The number of aryl methyl sites for hydroxylation is 1. The summed E-state index contributed by atoms with van der Waals surface area (Å²) in [5.41, 5.74) is -0.188. The molecule has 0 N–H and O–H groups in total. The minimum Gasteiger partial charge on any atom is -0.422 e. The van der Waals surface area contributed by atoms with Crippen molar-refractivity contribution in [1.82, 2.24) is 0 Å². The first-order valence-corrected chi connectivity index (χ1v) is 10.9. The van der Waals surface area contributed by atoms with Crippen LogP contribution in [0.4, 0.5) is 13.2 Å². The molecule has 3 aromatic carbocycles. The van der Waals surface area contributed by atoms with Gasteiger partial charge in [-0.2, -0.15) is 8.42 Å². The van der Waals surface area contributed by atoms with Crippen molar-refractivity contribution >= 4 is 21.1 Å². The van der Waals surface area contributed by atoms with Gasteiger partial charge in [0, 0.05) is 0 Å². The van der Waals surface area contributed by atoms with Crippen molar-refractivity contribution in [2.75, 3.05) is 0 Å². The predicted molar refractivity (Wildman–Crippen MR) is 114 cm³/mol. The highest BCUT2D eigenvalue weighted by Gasteiger charge is 2.31. The van der Waals surface area contributed by atoms with Gasteiger partial charge in [0.05, 0.1) is 5.39 Å². The Kier molecular flexibility index (Phi) is 5.62. The Morgan fingerprint density at radius 2 is 1.52 bits per heavy atom. The van der Waals surface area contributed by atoms with Crippen molar-refractivity contribution in [2.45, 2.75) is 18.2 Å². The largest absolute Gasteiger partial charge is 0.573 e. The maximum atomic E-state index is 13.0. The molecule has 6 nitrogen and oxygen atoms in total. The predicted octanol–water partition coefficient (Wildman–Crippen LogP) is 5.43. The topological polar surface area (TPSA) is 82.8 Å². The number of rotatable bonds is 5. The smallest absolute Gasteiger partial charge is 0.422 e. The number of alkyl halides is 3. The molecule has 0 bridgehead atoms. The summed E-state index contributed by atoms with van der Waals surface area (Å²) >= 11 is 0. The van der Waals surface area contributed by atoms with Crippen LogP contribution < -0.4 is 14.5 Å². The molecule has 0 aliphatic rings. The van der Waals surface area contributed by atoms with Gasteiger partial charge in [-0.1, -0.05) is 42.0 Å². The molecule has 0 aliphatic carbocycles. The van der Waals surface area contributed by atoms with Crippen LogP contribution in [0.1, 0.15) is 5.56 Å². The molecule has 0 fully saturated rings. The van der Waals surface area contributed by atoms with Gasteiger partial charge in [-0.05, 0) is 48.9 Å². The van der Waals surface area contributed by atoms with Crippen molar-refractivity contribution < 1.29 is 34.9 Å². The van der Waals surface area contributed by atoms with Gasteiger partial charge >= 0.3 is 22.1 Å². The van der Waals surface area contributed by atoms with Crippen molar-refractivity contribution in [2.24, 2.45) is 0 Å². The van der Waals surface area contributed by atoms with Gasteiger partial charge in [0.2, 0.25) is 0 Å². The summed E-state index contributed by atoms with van der Waals surface area (Å²) in [6.07, 6.45) is -4.89. The Balaban J connectivity index is 1.87. The van der Waals surface area contributed by atoms with Crippen LogP contribution >= 0.6 is 0 Å². The Hall–Kier alpha value is -3.79. The number of halogens is 3. The lowest BCUT2D eigenvalue weighted by Gasteiger charge is -2.14. The number of para-hydroxylation sites is 1. The first kappa shape index (κ1) is 22.4. The fourth-order valence-corrected chi connectivity index (χ4v) is 4.10. The number of benzene rings is 3. The fraction of sp³-hybridized carbons (Fsp3) is 0.0870. The lowest BCUT2D eigenvalue weighted by Crippen LogP contribution is -2.17. The average molecular weight is 476 g/mol. The lowest BCUT2D eigenvalue weighted by molar-refractivity contribution is -0.274. The molecule has 0 saturated heterocycles. The molecule has 0 aliphatic heterocycles. The van der Waals surface area contributed by atoms with Crippen LogP contribution in [-0.2, 0) is 10.1 Å². The Morgan fingerprint density at radius 3 is 2.15 bits per heavy atom. The second-order valence-electron chi connectivity index (χ2n) is 7.01. The highest BCUT2D eigenvalue weighted by atomic mass is 32.2. The third-order valence-electron chi connectivity index (χ3n) is 4.64. The first-order valence-electron chi connectivity index (χ1n) is 9.47. The molecule has 0 amide bonds. The van der Waals surface area contributed by atoms with E-state index < -0.39 is 27.9 Å². The van der Waals surface area contributed by atoms with Crippen LogP contribution in [-0.4, -0.2) is 14.8 Å². The molecule has 4 rings (SSSR count). The summed E-state index contributed by atoms with van der Waals surface area (Å²) in [4.78, 5) is 12.6. The Labute approximate surface area is 185 Å². The Bertz CT molecular complexity index is 1470. The van der Waals surface area contributed by atoms with E-state index in [1.807, 2.05) is 0 Å². The molecule has 1 aromatic heterocycles. The fourth-order valence-electron chi connectivity index (χ4n) is 3.14. The number of hydrogen-bond donors (Lipinski definition) is 0. The second kappa shape index (κ2) is 8.28. The molecule has 1 heterocycles. The molecule has 170 valence electrons. The molecule has 10 heteroatoms. The van der Waals surface area contributed by atoms with E-state index in [0.29, 0.717) is 0 Å². The third kappa shape index (κ3) is 4.85. The normalized spacial score (nSPS) is 12.0. The van der Waals surface area contributed by atoms with E-state index >= 15 is 0 Å². The van der Waals surface area contributed by atoms with E-state index in [4.69, 9.17) is 8.60 Å². The van der Waals surface area contributed by atoms with Gasteiger partial charge in [-0.3, -0.25) is 0 Å². The van der Waals surface area contributed by atoms with E-state index in [1.54, 1.807) is 31.2 Å². The molecule has 4 aromatic rings. The van der Waals surface area contributed by atoms with Gasteiger partial charge in [0.25, 0.3) is 0 Å². The average Bonchev–Trinajstić information content (AvgIpc) is 2.74. The monoisotopic (exact) mass is 476 g/mol. The third-order valence-corrected chi connectivity index (χ3v) is 5.88. The molecule has 0 spiro atoms. The second-order valence-corrected chi connectivity index (χ2v) is 8.56. The molecule has 0 saturated carbocycles. The van der Waals surface area contributed by atoms with Gasteiger partial charge in [0.1, 0.15) is 21.8 Å². The van der Waals surface area contributed by atoms with Crippen molar-refractivity contribution in [3.8, 4) is 22.6 Å². The van der Waals surface area contributed by atoms with Gasteiger partial charge in [-0.25, -0.2) is 4.79 Å². The van der Waals surface area contributed by atoms with Gasteiger partial charge < -0.3 is 13.3 Å². The minimum atomic E-state index is -4.89. The molecule has 0 unspecified atom stereocenters. The van der Waals surface area contributed by atoms with Crippen molar-refractivity contribution in [1.29, 1.82) is 0 Å². The summed E-state index contributed by atoms with van der Waals surface area (Å²) < 4.78 is 77.9. The quantitative estimate of drug-likeness (QED) is 0.282. The van der Waals surface area contributed by atoms with E-state index in [0.717, 1.165) is 17.7 Å². The highest BCUT2D eigenvalue weighted by molar-refractivity contribution is 7.87. The number of fused-ring (bicyclic) bond motifs is 1. The van der Waals surface area contributed by atoms with Gasteiger partial charge in [0.15, 0.2) is 5.75 Å². The number of hydrogen-bond acceptors (Lipinski definition) is 6. The zero-order valence-electron chi connectivity index (χ0n) is 16.9. The summed E-state index contributed by atoms with van der Waals surface area (Å²) in [5, 5.41) is 0.193. The van der Waals surface area contributed by atoms with Crippen LogP contribution in [0.2, 0.25) is 0 Å². The van der Waals surface area contributed by atoms with Gasteiger partial charge in [-0.15, -0.1) is 13.2 Å². The van der Waals surface area contributed by atoms with E-state index in [-0.39, 0.29) is 32.7 Å². The van der Waals surface area contributed by atoms with E-state index in [9.17, 15) is 26.4 Å². The maximum absolute atomic E-state index is 13.0. The zero-order valence-corrected chi connectivity index (χ0v) is 17.7. The SMILES string of the molecule is Cc1ccc(S(=O)(=O)Oc2c(-c3ccc(OC(F)(F)F)cc3)c(=O)oc3ccccc23)cc1. The maximum Gasteiger partial charge on any atom is 0.573 e. The molecule has 33 heavy (non-hydrogen) atoms. The van der Waals surface area contributed by atoms with E-state index in [1.165, 1.54) is 36.4 Å². The van der Waals surface area contributed by atoms with Crippen molar-refractivity contribution in [3.63, 3.8) is 0 Å². The van der Waals surface area contributed by atoms with Crippen LogP contribution in [0.15, 0.2) is 86.9 Å². The highest BCUT2D eigenvalue weighted by Crippen LogP contribution is 2.37. The van der Waals surface area contributed by atoms with Crippen LogP contribution in [0.5, 0.6) is 11.5 Å². The zero-order chi connectivity index (χ0) is 23.8. The molecular formula is C23H15F3O6S. The van der Waals surface area contributed by atoms with Crippen molar-refractivity contribution in [3.05, 3.63) is 88.8 Å². The number of ether oxygens (including phenoxy) is 1. The molecular weight excluding hydrogens is 461 g/mol. The summed E-state index contributed by atoms with van der Waals surface area (Å²) in [7, 11) is -4.36. The van der Waals surface area contributed by atoms with Crippen LogP contribution in [0, 0.1) is 6.92 Å². The lowest BCUT2D eigenvalue weighted by atomic mass is 10.0. The Morgan fingerprint density at radius 1 is 0.879 bits per heavy atom. The standard InChI is InChI=1S/C23H15F3O6S/c1-14-6-12-17(13-7-14)33(28,29)32-21-18-4-2-3-5-19(18)30-22(27)20(21)15-8-10-16(11-9-15)31-23(24,25)26/h2-13H,1H3.